The van der Waals surface area contributed by atoms with Gasteiger partial charge in [0.15, 0.2) is 0 Å². The summed E-state index contributed by atoms with van der Waals surface area (Å²) in [6.45, 7) is 6.78. The lowest BCUT2D eigenvalue weighted by Gasteiger charge is -2.09. The summed E-state index contributed by atoms with van der Waals surface area (Å²) in [5.74, 6) is -0.181. The quantitative estimate of drug-likeness (QED) is 0.119. The normalized spacial score (nSPS) is 11.7. The number of unbranched alkanes of at least 4 members (excludes halogenated alkanes) is 2. The first-order chi connectivity index (χ1) is 18.8. The molecule has 39 heavy (non-hydrogen) atoms. The van der Waals surface area contributed by atoms with E-state index in [1.807, 2.05) is 51.3 Å². The zero-order valence-electron chi connectivity index (χ0n) is 22.7. The third-order valence-corrected chi connectivity index (χ3v) is 5.48. The molecule has 12 nitrogen and oxygen atoms in total. The van der Waals surface area contributed by atoms with Crippen LogP contribution < -0.4 is 10.6 Å². The number of ether oxygens (including phenoxy) is 1. The topological polar surface area (TPSA) is 166 Å². The molecule has 1 aromatic rings. The second-order valence-corrected chi connectivity index (χ2v) is 9.38. The van der Waals surface area contributed by atoms with Crippen LogP contribution in [0.1, 0.15) is 58.6 Å². The second-order valence-electron chi connectivity index (χ2n) is 9.38. The number of carbonyl (C=O) groups is 2. The minimum Gasteiger partial charge on any atom is -0.481 e. The zero-order valence-corrected chi connectivity index (χ0v) is 22.7. The molecule has 0 spiro atoms. The molecule has 0 bridgehead atoms. The molecule has 1 amide bonds. The van der Waals surface area contributed by atoms with E-state index in [1.165, 1.54) is 0 Å². The van der Waals surface area contributed by atoms with Crippen molar-refractivity contribution < 1.29 is 19.4 Å². The lowest BCUT2D eigenvalue weighted by Crippen LogP contribution is -2.28. The number of aryl methyl sites for hydroxylation is 1. The van der Waals surface area contributed by atoms with Gasteiger partial charge >= 0.3 is 12.1 Å². The number of H-pyrrole nitrogens is 3. The molecular formula is C27H38N8O4. The van der Waals surface area contributed by atoms with Crippen molar-refractivity contribution in [1.82, 2.24) is 35.3 Å². The van der Waals surface area contributed by atoms with Gasteiger partial charge in [-0.2, -0.15) is 5.10 Å². The first-order valence-corrected chi connectivity index (χ1v) is 13.1. The van der Waals surface area contributed by atoms with E-state index >= 15 is 0 Å². The summed E-state index contributed by atoms with van der Waals surface area (Å²) in [5.41, 5.74) is 4.39. The number of carboxylic acids is 1. The van der Waals surface area contributed by atoms with Gasteiger partial charge in [0.25, 0.3) is 0 Å². The average Bonchev–Trinajstić information content (AvgIpc) is 3.23. The van der Waals surface area contributed by atoms with E-state index in [4.69, 9.17) is 9.84 Å². The standard InChI is InChI=1S/C27H38N8O4/c1-19(2)39-27(38)28-13-8-14-35-18-22(16-30-35)31-26-29-17-24-23(32-26)12-11-21(33-34-24)15-20(3)9-6-4-5-7-10-25(36)37/h6,9,11-12,15-19,33-34H,4-5,7-8,10,13-14H2,1-3H3,(H,28,38)(H,36,37)(H2,29,31,32)/b9-6-,20-15+. The van der Waals surface area contributed by atoms with Crippen LogP contribution in [0.4, 0.5) is 16.4 Å². The van der Waals surface area contributed by atoms with Crippen molar-refractivity contribution in [3.8, 4) is 11.4 Å². The number of fused-ring (bicyclic) bond motifs is 1. The smallest absolute Gasteiger partial charge is 0.407 e. The number of hydrogen-bond acceptors (Lipinski definition) is 6. The molecular weight excluding hydrogens is 500 g/mol. The maximum absolute atomic E-state index is 11.5. The van der Waals surface area contributed by atoms with Crippen molar-refractivity contribution in [2.24, 2.45) is 0 Å². The van der Waals surface area contributed by atoms with E-state index in [9.17, 15) is 9.59 Å². The number of allylic oxidation sites excluding steroid dienone is 3. The summed E-state index contributed by atoms with van der Waals surface area (Å²) in [7, 11) is 0. The van der Waals surface area contributed by atoms with Crippen molar-refractivity contribution in [2.75, 3.05) is 11.9 Å². The Bertz CT molecular complexity index is 1280. The maximum Gasteiger partial charge on any atom is 0.407 e. The Balaban J connectivity index is 1.54. The van der Waals surface area contributed by atoms with Crippen molar-refractivity contribution >= 4 is 29.8 Å². The van der Waals surface area contributed by atoms with Gasteiger partial charge in [0.05, 0.1) is 41.3 Å². The molecule has 0 saturated heterocycles. The number of rotatable bonds is 14. The third kappa shape index (κ3) is 10.8. The molecule has 2 aliphatic rings. The summed E-state index contributed by atoms with van der Waals surface area (Å²) < 4.78 is 6.85. The van der Waals surface area contributed by atoms with E-state index in [2.05, 4.69) is 42.0 Å². The van der Waals surface area contributed by atoms with Crippen LogP contribution in [0.5, 0.6) is 0 Å². The van der Waals surface area contributed by atoms with Gasteiger partial charge in [0.2, 0.25) is 5.95 Å². The fourth-order valence-electron chi connectivity index (χ4n) is 3.63. The van der Waals surface area contributed by atoms with Gasteiger partial charge < -0.3 is 30.6 Å². The lowest BCUT2D eigenvalue weighted by atomic mass is 10.1. The number of aliphatic carboxylic acids is 1. The van der Waals surface area contributed by atoms with E-state index in [1.54, 1.807) is 17.1 Å². The van der Waals surface area contributed by atoms with Crippen molar-refractivity contribution in [3.63, 3.8) is 0 Å². The molecule has 0 aliphatic carbocycles. The molecule has 3 heterocycles. The minimum absolute atomic E-state index is 0.144. The van der Waals surface area contributed by atoms with Crippen LogP contribution >= 0.6 is 0 Å². The third-order valence-electron chi connectivity index (χ3n) is 5.48. The first kappa shape index (κ1) is 29.1. The Morgan fingerprint density at radius 3 is 2.79 bits per heavy atom. The van der Waals surface area contributed by atoms with Crippen LogP contribution in [0.15, 0.2) is 48.4 Å². The first-order valence-electron chi connectivity index (χ1n) is 13.1. The van der Waals surface area contributed by atoms with Crippen LogP contribution in [0.2, 0.25) is 0 Å². The largest absolute Gasteiger partial charge is 0.481 e. The van der Waals surface area contributed by atoms with E-state index in [0.29, 0.717) is 25.5 Å². The predicted molar refractivity (Wildman–Crippen MR) is 150 cm³/mol. The van der Waals surface area contributed by atoms with Gasteiger partial charge in [-0.15, -0.1) is 0 Å². The molecule has 210 valence electrons. The Labute approximate surface area is 227 Å². The highest BCUT2D eigenvalue weighted by Gasteiger charge is 2.07. The molecule has 1 aromatic heterocycles. The molecule has 0 radical (unpaired) electrons. The number of carboxylic acid groups (broad SMARTS) is 1. The highest BCUT2D eigenvalue weighted by atomic mass is 16.6. The van der Waals surface area contributed by atoms with Gasteiger partial charge in [-0.25, -0.2) is 9.78 Å². The molecule has 0 aromatic carbocycles. The average molecular weight is 539 g/mol. The molecule has 0 unspecified atom stereocenters. The summed E-state index contributed by atoms with van der Waals surface area (Å²) in [4.78, 5) is 29.8. The Kier molecular flexibility index (Phi) is 11.2. The molecule has 0 saturated carbocycles. The van der Waals surface area contributed by atoms with Crippen molar-refractivity contribution in [2.45, 2.75) is 65.5 Å². The van der Waals surface area contributed by atoms with E-state index in [0.717, 1.165) is 47.6 Å². The fourth-order valence-corrected chi connectivity index (χ4v) is 3.63. The number of nitrogens with one attached hydrogen (secondary N) is 5. The second kappa shape index (κ2) is 15.1. The number of alkyl carbamates (subject to hydrolysis) is 1. The highest BCUT2D eigenvalue weighted by molar-refractivity contribution is 5.67. The monoisotopic (exact) mass is 538 g/mol. The van der Waals surface area contributed by atoms with Crippen LogP contribution in [-0.4, -0.2) is 59.8 Å². The lowest BCUT2D eigenvalue weighted by molar-refractivity contribution is -0.137. The van der Waals surface area contributed by atoms with Crippen LogP contribution in [0.3, 0.4) is 0 Å². The number of nitrogens with zero attached hydrogens (tertiary/aromatic N) is 3. The molecule has 12 heteroatoms. The summed E-state index contributed by atoms with van der Waals surface area (Å²) in [5, 5.41) is 25.4. The maximum atomic E-state index is 11.5. The van der Waals surface area contributed by atoms with Crippen LogP contribution in [-0.2, 0) is 16.1 Å². The number of hydrogen-bond donors (Lipinski definition) is 6. The summed E-state index contributed by atoms with van der Waals surface area (Å²) >= 11 is 0. The van der Waals surface area contributed by atoms with Gasteiger partial charge in [-0.05, 0) is 70.2 Å². The molecule has 0 fully saturated rings. The summed E-state index contributed by atoms with van der Waals surface area (Å²) in [6.07, 6.45) is 14.2. The molecule has 3 rings (SSSR count). The van der Waals surface area contributed by atoms with Crippen molar-refractivity contribution in [3.05, 3.63) is 54.1 Å². The number of carbonyl (C=O) groups excluding carboxylic acids is 1. The SMILES string of the molecule is CC(/C=C\CCCCC(=O)O)=C\c1ccc2[nH]c(Nc3cnn(CCCNC(=O)OC(C)C)c3)ncc-2[nH][nH]1. The zero-order chi connectivity index (χ0) is 28.0. The Morgan fingerprint density at radius 1 is 1.15 bits per heavy atom. The number of anilines is 2. The number of amides is 1. The molecule has 6 N–H and O–H groups in total. The van der Waals surface area contributed by atoms with Gasteiger partial charge in [0, 0.05) is 25.7 Å². The Hall–Kier alpha value is -4.48. The molecule has 2 aliphatic heterocycles. The minimum atomic E-state index is -0.749. The van der Waals surface area contributed by atoms with Gasteiger partial charge in [-0.1, -0.05) is 12.2 Å². The van der Waals surface area contributed by atoms with Crippen molar-refractivity contribution in [1.29, 1.82) is 0 Å². The fraction of sp³-hybridized carbons (Fsp3) is 0.407. The molecule has 0 atom stereocenters. The highest BCUT2D eigenvalue weighted by Crippen LogP contribution is 2.19. The van der Waals surface area contributed by atoms with Gasteiger partial charge in [-0.3, -0.25) is 14.6 Å². The number of aromatic amines is 3. The van der Waals surface area contributed by atoms with E-state index < -0.39 is 12.1 Å². The van der Waals surface area contributed by atoms with Crippen LogP contribution in [0, 0.1) is 0 Å². The predicted octanol–water partition coefficient (Wildman–Crippen LogP) is 5.36. The Morgan fingerprint density at radius 2 is 2.00 bits per heavy atom. The van der Waals surface area contributed by atoms with E-state index in [-0.39, 0.29) is 12.5 Å². The van der Waals surface area contributed by atoms with Crippen LogP contribution in [0.25, 0.3) is 17.5 Å². The van der Waals surface area contributed by atoms with Gasteiger partial charge in [0.1, 0.15) is 0 Å². The summed E-state index contributed by atoms with van der Waals surface area (Å²) in [6, 6.07) is 3.93. The number of aromatic nitrogens is 6.